The lowest BCUT2D eigenvalue weighted by atomic mass is 9.74. The van der Waals surface area contributed by atoms with Crippen molar-refractivity contribution >= 4 is 28.1 Å². The molecule has 4 heterocycles. The van der Waals surface area contributed by atoms with Crippen LogP contribution >= 0.6 is 0 Å². The molecule has 1 N–H and O–H groups in total. The quantitative estimate of drug-likeness (QED) is 0.698. The molecule has 1 atom stereocenters. The molecule has 2 saturated carbocycles. The van der Waals surface area contributed by atoms with Gasteiger partial charge >= 0.3 is 0 Å². The van der Waals surface area contributed by atoms with Crippen LogP contribution in [0.25, 0.3) is 5.57 Å². The summed E-state index contributed by atoms with van der Waals surface area (Å²) in [5.41, 5.74) is 3.04. The second-order valence-corrected chi connectivity index (χ2v) is 11.1. The Balaban J connectivity index is 1.24. The van der Waals surface area contributed by atoms with Crippen LogP contribution < -0.4 is 10.2 Å². The minimum atomic E-state index is -1.09. The lowest BCUT2D eigenvalue weighted by Crippen LogP contribution is -2.45. The van der Waals surface area contributed by atoms with Crippen LogP contribution in [0.15, 0.2) is 23.4 Å². The number of hydrogen-bond donors (Lipinski definition) is 1. The number of rotatable bonds is 6. The van der Waals surface area contributed by atoms with Gasteiger partial charge in [0.05, 0.1) is 34.5 Å². The third kappa shape index (κ3) is 3.90. The highest BCUT2D eigenvalue weighted by Gasteiger charge is 2.39. The summed E-state index contributed by atoms with van der Waals surface area (Å²) in [5.74, 6) is 3.40. The number of nitrogens with one attached hydrogen (secondary N) is 1. The first kappa shape index (κ1) is 20.7. The third-order valence-electron chi connectivity index (χ3n) is 7.29. The first-order valence-electron chi connectivity index (χ1n) is 11.8. The minimum Gasteiger partial charge on any atom is -0.362 e. The van der Waals surface area contributed by atoms with E-state index in [4.69, 9.17) is 9.97 Å². The molecule has 2 fully saturated rings. The number of hydrogen-bond acceptors (Lipinski definition) is 8. The SMILES string of the molecule is N#CCC1(Nc2nc(N3CC=C(c4ncc(C5CC5)cn4)CC3)nc3c2[S@](=O)CC3)CCC1. The van der Waals surface area contributed by atoms with Crippen molar-refractivity contribution in [3.8, 4) is 6.07 Å². The van der Waals surface area contributed by atoms with Gasteiger partial charge in [0.1, 0.15) is 10.7 Å². The molecule has 4 aliphatic rings. The molecule has 2 aromatic rings. The Bertz CT molecular complexity index is 1180. The van der Waals surface area contributed by atoms with Gasteiger partial charge < -0.3 is 10.2 Å². The van der Waals surface area contributed by atoms with Gasteiger partial charge in [0.2, 0.25) is 5.95 Å². The zero-order chi connectivity index (χ0) is 22.4. The van der Waals surface area contributed by atoms with E-state index in [1.807, 2.05) is 12.4 Å². The van der Waals surface area contributed by atoms with E-state index in [1.54, 1.807) is 0 Å². The largest absolute Gasteiger partial charge is 0.362 e. The molecule has 0 aromatic carbocycles. The third-order valence-corrected chi connectivity index (χ3v) is 8.75. The Morgan fingerprint density at radius 2 is 2.03 bits per heavy atom. The van der Waals surface area contributed by atoms with Gasteiger partial charge in [-0.1, -0.05) is 6.08 Å². The van der Waals surface area contributed by atoms with E-state index in [0.717, 1.165) is 54.2 Å². The molecule has 2 aliphatic carbocycles. The van der Waals surface area contributed by atoms with Crippen LogP contribution in [0.2, 0.25) is 0 Å². The predicted octanol–water partition coefficient (Wildman–Crippen LogP) is 3.35. The highest BCUT2D eigenvalue weighted by molar-refractivity contribution is 7.85. The maximum atomic E-state index is 12.7. The summed E-state index contributed by atoms with van der Waals surface area (Å²) in [7, 11) is -1.09. The number of aromatic nitrogens is 4. The Morgan fingerprint density at radius 3 is 2.67 bits per heavy atom. The van der Waals surface area contributed by atoms with E-state index >= 15 is 0 Å². The van der Waals surface area contributed by atoms with Crippen LogP contribution in [0.1, 0.15) is 67.9 Å². The Hall–Kier alpha value is -2.86. The maximum Gasteiger partial charge on any atom is 0.227 e. The molecule has 0 unspecified atom stereocenters. The van der Waals surface area contributed by atoms with E-state index in [2.05, 4.69) is 32.3 Å². The average Bonchev–Trinajstić information content (AvgIpc) is 3.60. The summed E-state index contributed by atoms with van der Waals surface area (Å²) in [5, 5.41) is 12.8. The van der Waals surface area contributed by atoms with E-state index in [9.17, 15) is 9.47 Å². The topological polar surface area (TPSA) is 108 Å². The fourth-order valence-corrected chi connectivity index (χ4v) is 6.25. The Kier molecular flexibility index (Phi) is 5.13. The summed E-state index contributed by atoms with van der Waals surface area (Å²) in [6.45, 7) is 1.47. The summed E-state index contributed by atoms with van der Waals surface area (Å²) in [4.78, 5) is 21.8. The summed E-state index contributed by atoms with van der Waals surface area (Å²) < 4.78 is 12.7. The molecule has 2 aliphatic heterocycles. The van der Waals surface area contributed by atoms with Gasteiger partial charge in [0.25, 0.3) is 0 Å². The molecule has 170 valence electrons. The number of aryl methyl sites for hydroxylation is 1. The molecule has 8 nitrogen and oxygen atoms in total. The fraction of sp³-hybridized carbons (Fsp3) is 0.542. The molecule has 6 rings (SSSR count). The van der Waals surface area contributed by atoms with Crippen molar-refractivity contribution in [1.29, 1.82) is 5.26 Å². The number of nitrogens with zero attached hydrogens (tertiary/aromatic N) is 6. The second-order valence-electron chi connectivity index (χ2n) is 9.58. The lowest BCUT2D eigenvalue weighted by molar-refractivity contribution is 0.282. The van der Waals surface area contributed by atoms with Crippen molar-refractivity contribution in [3.05, 3.63) is 35.6 Å². The second kappa shape index (κ2) is 8.17. The van der Waals surface area contributed by atoms with Crippen molar-refractivity contribution in [2.75, 3.05) is 29.1 Å². The molecular formula is C24H27N7OS. The first-order chi connectivity index (χ1) is 16.1. The molecule has 0 bridgehead atoms. The summed E-state index contributed by atoms with van der Waals surface area (Å²) in [6, 6.07) is 2.31. The smallest absolute Gasteiger partial charge is 0.227 e. The zero-order valence-corrected chi connectivity index (χ0v) is 19.4. The molecule has 33 heavy (non-hydrogen) atoms. The van der Waals surface area contributed by atoms with E-state index < -0.39 is 10.8 Å². The van der Waals surface area contributed by atoms with Gasteiger partial charge in [-0.2, -0.15) is 10.2 Å². The number of nitriles is 1. The van der Waals surface area contributed by atoms with E-state index in [-0.39, 0.29) is 5.54 Å². The highest BCUT2D eigenvalue weighted by atomic mass is 32.2. The number of anilines is 2. The molecule has 0 radical (unpaired) electrons. The van der Waals surface area contributed by atoms with Crippen LogP contribution in [0.4, 0.5) is 11.8 Å². The van der Waals surface area contributed by atoms with Gasteiger partial charge in [-0.05, 0) is 55.6 Å². The molecule has 0 spiro atoms. The van der Waals surface area contributed by atoms with E-state index in [1.165, 1.54) is 18.4 Å². The van der Waals surface area contributed by atoms with Crippen molar-refractivity contribution in [1.82, 2.24) is 19.9 Å². The number of fused-ring (bicyclic) bond motifs is 1. The molecule has 9 heteroatoms. The summed E-state index contributed by atoms with van der Waals surface area (Å²) in [6.07, 6.45) is 13.6. The van der Waals surface area contributed by atoms with Crippen LogP contribution in [0.5, 0.6) is 0 Å². The molecular weight excluding hydrogens is 434 g/mol. The zero-order valence-electron chi connectivity index (χ0n) is 18.6. The highest BCUT2D eigenvalue weighted by Crippen LogP contribution is 2.41. The molecule has 0 amide bonds. The van der Waals surface area contributed by atoms with Gasteiger partial charge in [0.15, 0.2) is 5.82 Å². The van der Waals surface area contributed by atoms with Gasteiger partial charge in [-0.3, -0.25) is 4.21 Å². The average molecular weight is 462 g/mol. The lowest BCUT2D eigenvalue weighted by Gasteiger charge is -2.41. The van der Waals surface area contributed by atoms with Crippen molar-refractivity contribution in [3.63, 3.8) is 0 Å². The first-order valence-corrected chi connectivity index (χ1v) is 13.2. The standard InChI is InChI=1S/C24H27N7OS/c25-10-9-24(7-1-8-24)30-22-20-19(6-13-33(20)32)28-23(29-22)31-11-4-17(5-12-31)21-26-14-18(15-27-21)16-2-3-16/h4,14-16H,1-3,5-9,11-13H2,(H,28,29,30)/t33-/m1/s1. The van der Waals surface area contributed by atoms with Crippen LogP contribution in [0.3, 0.4) is 0 Å². The Morgan fingerprint density at radius 1 is 1.21 bits per heavy atom. The van der Waals surface area contributed by atoms with Crippen molar-refractivity contribution in [2.24, 2.45) is 0 Å². The fourth-order valence-electron chi connectivity index (χ4n) is 4.95. The Labute approximate surface area is 196 Å². The van der Waals surface area contributed by atoms with Crippen molar-refractivity contribution in [2.45, 2.75) is 67.7 Å². The predicted molar refractivity (Wildman–Crippen MR) is 126 cm³/mol. The monoisotopic (exact) mass is 461 g/mol. The minimum absolute atomic E-state index is 0.250. The molecule has 2 aromatic heterocycles. The maximum absolute atomic E-state index is 12.7. The van der Waals surface area contributed by atoms with Crippen molar-refractivity contribution < 1.29 is 4.21 Å². The molecule has 0 saturated heterocycles. The van der Waals surface area contributed by atoms with Gasteiger partial charge in [-0.25, -0.2) is 15.0 Å². The van der Waals surface area contributed by atoms with Crippen LogP contribution in [-0.4, -0.2) is 48.5 Å². The van der Waals surface area contributed by atoms with E-state index in [0.29, 0.717) is 42.8 Å². The van der Waals surface area contributed by atoms with Crippen LogP contribution in [0, 0.1) is 11.3 Å². The van der Waals surface area contributed by atoms with Gasteiger partial charge in [0, 0.05) is 37.7 Å². The van der Waals surface area contributed by atoms with Gasteiger partial charge in [-0.15, -0.1) is 0 Å². The summed E-state index contributed by atoms with van der Waals surface area (Å²) >= 11 is 0. The van der Waals surface area contributed by atoms with Crippen LogP contribution in [-0.2, 0) is 17.2 Å². The normalized spacial score (nSPS) is 23.3.